The van der Waals surface area contributed by atoms with Crippen LogP contribution in [0.3, 0.4) is 0 Å². The fraction of sp³-hybridized carbons (Fsp3) is 0.650. The molecular weight excluding hydrogens is 369 g/mol. The van der Waals surface area contributed by atoms with Crippen molar-refractivity contribution < 1.29 is 4.79 Å². The second kappa shape index (κ2) is 9.29. The van der Waals surface area contributed by atoms with Crippen LogP contribution >= 0.6 is 24.8 Å². The van der Waals surface area contributed by atoms with Crippen molar-refractivity contribution in [3.63, 3.8) is 0 Å². The van der Waals surface area contributed by atoms with Gasteiger partial charge in [0.05, 0.1) is 5.56 Å². The van der Waals surface area contributed by atoms with Crippen LogP contribution in [-0.4, -0.2) is 50.1 Å². The van der Waals surface area contributed by atoms with Gasteiger partial charge in [0.2, 0.25) is 0 Å². The van der Waals surface area contributed by atoms with Crippen LogP contribution in [0.5, 0.6) is 0 Å². The van der Waals surface area contributed by atoms with Crippen molar-refractivity contribution in [2.75, 3.05) is 44.2 Å². The second-order valence-electron chi connectivity index (χ2n) is 7.76. The largest absolute Gasteiger partial charge is 0.371 e. The number of likely N-dealkylation sites (tertiary alicyclic amines) is 1. The third kappa shape index (κ3) is 4.29. The molecule has 1 aromatic carbocycles. The molecule has 2 atom stereocenters. The van der Waals surface area contributed by atoms with E-state index in [-0.39, 0.29) is 30.7 Å². The summed E-state index contributed by atoms with van der Waals surface area (Å²) in [6.45, 7) is 8.35. The standard InChI is InChI=1S/C20H29N3O.2ClH/c1-15-4-5-19(22-8-2-3-9-22)18(12-15)20(24)23-10-6-16-13-21-14-17(16)7-11-23;;/h4-5,12,16-17,21H,2-3,6-11,13-14H2,1H3;2*1H/t16-,17+;;. The first-order valence-electron chi connectivity index (χ1n) is 9.58. The van der Waals surface area contributed by atoms with Gasteiger partial charge in [-0.2, -0.15) is 0 Å². The van der Waals surface area contributed by atoms with Crippen molar-refractivity contribution in [3.05, 3.63) is 29.3 Å². The predicted molar refractivity (Wildman–Crippen MR) is 112 cm³/mol. The molecule has 26 heavy (non-hydrogen) atoms. The number of hydrogen-bond donors (Lipinski definition) is 1. The van der Waals surface area contributed by atoms with Crippen molar-refractivity contribution in [2.24, 2.45) is 11.8 Å². The van der Waals surface area contributed by atoms with Crippen LogP contribution < -0.4 is 10.2 Å². The SMILES string of the molecule is Cc1ccc(N2CCCC2)c(C(=O)N2CC[C@@H]3CNC[C@@H]3CC2)c1.Cl.Cl. The number of hydrogen-bond acceptors (Lipinski definition) is 3. The van der Waals surface area contributed by atoms with E-state index in [0.29, 0.717) is 0 Å². The number of nitrogens with zero attached hydrogens (tertiary/aromatic N) is 2. The Hall–Kier alpha value is -0.970. The number of rotatable bonds is 2. The molecule has 3 aliphatic rings. The van der Waals surface area contributed by atoms with E-state index in [0.717, 1.165) is 75.2 Å². The van der Waals surface area contributed by atoms with Crippen molar-refractivity contribution >= 4 is 36.4 Å². The number of aryl methyl sites for hydroxylation is 1. The summed E-state index contributed by atoms with van der Waals surface area (Å²) in [6, 6.07) is 6.40. The van der Waals surface area contributed by atoms with E-state index >= 15 is 0 Å². The van der Waals surface area contributed by atoms with Gasteiger partial charge in [-0.05, 0) is 69.7 Å². The summed E-state index contributed by atoms with van der Waals surface area (Å²) in [7, 11) is 0. The van der Waals surface area contributed by atoms with Crippen LogP contribution in [0.25, 0.3) is 0 Å². The molecule has 3 fully saturated rings. The van der Waals surface area contributed by atoms with Gasteiger partial charge in [-0.3, -0.25) is 4.79 Å². The second-order valence-corrected chi connectivity index (χ2v) is 7.76. The van der Waals surface area contributed by atoms with E-state index in [1.54, 1.807) is 0 Å². The molecular formula is C20H31Cl2N3O. The van der Waals surface area contributed by atoms with E-state index in [4.69, 9.17) is 0 Å². The van der Waals surface area contributed by atoms with Crippen LogP contribution in [0.15, 0.2) is 18.2 Å². The highest BCUT2D eigenvalue weighted by atomic mass is 35.5. The Labute approximate surface area is 169 Å². The van der Waals surface area contributed by atoms with E-state index in [1.807, 2.05) is 0 Å². The van der Waals surface area contributed by atoms with Gasteiger partial charge in [-0.1, -0.05) is 11.6 Å². The Bertz CT molecular complexity index is 605. The average Bonchev–Trinajstić information content (AvgIpc) is 3.23. The number of carbonyl (C=O) groups is 1. The Balaban J connectivity index is 0.00000121. The van der Waals surface area contributed by atoms with Gasteiger partial charge in [0.25, 0.3) is 5.91 Å². The molecule has 4 nitrogen and oxygen atoms in total. The summed E-state index contributed by atoms with van der Waals surface area (Å²) >= 11 is 0. The molecule has 6 heteroatoms. The zero-order chi connectivity index (χ0) is 16.5. The molecule has 0 aliphatic carbocycles. The maximum Gasteiger partial charge on any atom is 0.255 e. The number of benzene rings is 1. The van der Waals surface area contributed by atoms with Crippen molar-refractivity contribution in [2.45, 2.75) is 32.6 Å². The summed E-state index contributed by atoms with van der Waals surface area (Å²) in [5, 5.41) is 3.51. The Morgan fingerprint density at radius 3 is 2.23 bits per heavy atom. The molecule has 0 unspecified atom stereocenters. The molecule has 0 radical (unpaired) electrons. The van der Waals surface area contributed by atoms with E-state index in [2.05, 4.69) is 40.2 Å². The van der Waals surface area contributed by atoms with Gasteiger partial charge in [-0.25, -0.2) is 0 Å². The van der Waals surface area contributed by atoms with E-state index in [9.17, 15) is 4.79 Å². The molecule has 0 spiro atoms. The van der Waals surface area contributed by atoms with E-state index < -0.39 is 0 Å². The molecule has 1 N–H and O–H groups in total. The fourth-order valence-electron chi connectivity index (χ4n) is 4.65. The van der Waals surface area contributed by atoms with Gasteiger partial charge >= 0.3 is 0 Å². The zero-order valence-corrected chi connectivity index (χ0v) is 17.2. The van der Waals surface area contributed by atoms with Crippen LogP contribution in [0, 0.1) is 18.8 Å². The Kier molecular flexibility index (Phi) is 7.63. The van der Waals surface area contributed by atoms with Crippen molar-refractivity contribution in [1.82, 2.24) is 10.2 Å². The van der Waals surface area contributed by atoms with Crippen LogP contribution in [0.1, 0.15) is 41.6 Å². The predicted octanol–water partition coefficient (Wildman–Crippen LogP) is 3.51. The first-order chi connectivity index (χ1) is 11.7. The molecule has 3 heterocycles. The Morgan fingerprint density at radius 2 is 1.62 bits per heavy atom. The maximum atomic E-state index is 13.3. The monoisotopic (exact) mass is 399 g/mol. The Morgan fingerprint density at radius 1 is 1.00 bits per heavy atom. The zero-order valence-electron chi connectivity index (χ0n) is 15.6. The average molecular weight is 400 g/mol. The summed E-state index contributed by atoms with van der Waals surface area (Å²) in [5.74, 6) is 1.77. The molecule has 4 rings (SSSR count). The molecule has 0 aromatic heterocycles. The minimum absolute atomic E-state index is 0. The van der Waals surface area contributed by atoms with Gasteiger partial charge in [0.15, 0.2) is 0 Å². The first kappa shape index (κ1) is 21.3. The molecule has 146 valence electrons. The number of fused-ring (bicyclic) bond motifs is 1. The molecule has 3 saturated heterocycles. The summed E-state index contributed by atoms with van der Waals surface area (Å²) in [6.07, 6.45) is 4.77. The summed E-state index contributed by atoms with van der Waals surface area (Å²) in [4.78, 5) is 17.8. The van der Waals surface area contributed by atoms with Crippen molar-refractivity contribution in [1.29, 1.82) is 0 Å². The maximum absolute atomic E-state index is 13.3. The smallest absolute Gasteiger partial charge is 0.255 e. The fourth-order valence-corrected chi connectivity index (χ4v) is 4.65. The van der Waals surface area contributed by atoms with Gasteiger partial charge in [0.1, 0.15) is 0 Å². The number of nitrogens with one attached hydrogen (secondary N) is 1. The number of halogens is 2. The van der Waals surface area contributed by atoms with Crippen LogP contribution in [0.4, 0.5) is 5.69 Å². The van der Waals surface area contributed by atoms with E-state index in [1.165, 1.54) is 18.4 Å². The topological polar surface area (TPSA) is 35.6 Å². The number of anilines is 1. The molecule has 0 saturated carbocycles. The summed E-state index contributed by atoms with van der Waals surface area (Å²) < 4.78 is 0. The van der Waals surface area contributed by atoms with Crippen LogP contribution in [-0.2, 0) is 0 Å². The highest BCUT2D eigenvalue weighted by Crippen LogP contribution is 2.30. The molecule has 1 aromatic rings. The minimum atomic E-state index is 0. The lowest BCUT2D eigenvalue weighted by molar-refractivity contribution is 0.0759. The third-order valence-corrected chi connectivity index (χ3v) is 6.14. The lowest BCUT2D eigenvalue weighted by Gasteiger charge is -2.26. The van der Waals surface area contributed by atoms with Crippen molar-refractivity contribution in [3.8, 4) is 0 Å². The lowest BCUT2D eigenvalue weighted by atomic mass is 9.92. The highest BCUT2D eigenvalue weighted by molar-refractivity contribution is 6.00. The van der Waals surface area contributed by atoms with Gasteiger partial charge in [-0.15, -0.1) is 24.8 Å². The van der Waals surface area contributed by atoms with Crippen LogP contribution in [0.2, 0.25) is 0 Å². The first-order valence-corrected chi connectivity index (χ1v) is 9.58. The third-order valence-electron chi connectivity index (χ3n) is 6.14. The quantitative estimate of drug-likeness (QED) is 0.825. The highest BCUT2D eigenvalue weighted by Gasteiger charge is 2.32. The molecule has 0 bridgehead atoms. The summed E-state index contributed by atoms with van der Waals surface area (Å²) in [5.41, 5.74) is 3.24. The molecule has 1 amide bonds. The van der Waals surface area contributed by atoms with Gasteiger partial charge < -0.3 is 15.1 Å². The minimum Gasteiger partial charge on any atom is -0.371 e. The number of amides is 1. The van der Waals surface area contributed by atoms with Gasteiger partial charge in [0, 0.05) is 31.9 Å². The normalized spacial score (nSPS) is 25.1. The number of carbonyl (C=O) groups excluding carboxylic acids is 1. The lowest BCUT2D eigenvalue weighted by Crippen LogP contribution is -2.34. The molecule has 3 aliphatic heterocycles.